The van der Waals surface area contributed by atoms with E-state index in [0.717, 1.165) is 16.7 Å². The maximum Gasteiger partial charge on any atom is 0.339 e. The van der Waals surface area contributed by atoms with Gasteiger partial charge in [0.2, 0.25) is 5.91 Å². The van der Waals surface area contributed by atoms with E-state index in [9.17, 15) is 19.2 Å². The van der Waals surface area contributed by atoms with Gasteiger partial charge in [-0.3, -0.25) is 14.4 Å². The van der Waals surface area contributed by atoms with Crippen LogP contribution in [0.3, 0.4) is 0 Å². The van der Waals surface area contributed by atoms with Crippen LogP contribution in [0, 0.1) is 6.92 Å². The maximum absolute atomic E-state index is 12.5. The molecule has 9 heteroatoms. The highest BCUT2D eigenvalue weighted by molar-refractivity contribution is 8.13. The van der Waals surface area contributed by atoms with Gasteiger partial charge in [-0.1, -0.05) is 0 Å². The predicted molar refractivity (Wildman–Crippen MR) is 111 cm³/mol. The fourth-order valence-corrected chi connectivity index (χ4v) is 3.34. The van der Waals surface area contributed by atoms with E-state index in [0.29, 0.717) is 16.9 Å². The Balaban J connectivity index is 2.13. The molecule has 0 atom stereocenters. The zero-order valence-corrected chi connectivity index (χ0v) is 17.7. The molecule has 0 bridgehead atoms. The minimum absolute atomic E-state index is 0.0967. The molecule has 1 aromatic heterocycles. The van der Waals surface area contributed by atoms with Gasteiger partial charge in [0.05, 0.1) is 24.8 Å². The SMILES string of the molecule is COC(=O)c1c(CC(=O)Nc2ccc(SC(=O)N(C)C)cc2)[nH]c(C(C)=O)c1C. The first-order valence-electron chi connectivity index (χ1n) is 8.73. The van der Waals surface area contributed by atoms with E-state index in [2.05, 4.69) is 10.3 Å². The Morgan fingerprint density at radius 3 is 2.28 bits per heavy atom. The number of aromatic nitrogens is 1. The van der Waals surface area contributed by atoms with Crippen LogP contribution in [0.25, 0.3) is 0 Å². The predicted octanol–water partition coefficient (Wildman–Crippen LogP) is 3.27. The van der Waals surface area contributed by atoms with Gasteiger partial charge < -0.3 is 19.9 Å². The number of rotatable bonds is 6. The monoisotopic (exact) mass is 417 g/mol. The normalized spacial score (nSPS) is 10.4. The number of hydrogen-bond acceptors (Lipinski definition) is 6. The van der Waals surface area contributed by atoms with Crippen molar-refractivity contribution >= 4 is 40.3 Å². The summed E-state index contributed by atoms with van der Waals surface area (Å²) in [6.45, 7) is 3.01. The molecule has 2 N–H and O–H groups in total. The molecular formula is C20H23N3O5S. The Morgan fingerprint density at radius 1 is 1.14 bits per heavy atom. The minimum Gasteiger partial charge on any atom is -0.465 e. The number of methoxy groups -OCH3 is 1. The summed E-state index contributed by atoms with van der Waals surface area (Å²) in [7, 11) is 4.59. The molecule has 0 aliphatic carbocycles. The van der Waals surface area contributed by atoms with Crippen molar-refractivity contribution in [2.45, 2.75) is 25.2 Å². The number of aromatic amines is 1. The average Bonchev–Trinajstić information content (AvgIpc) is 2.98. The van der Waals surface area contributed by atoms with Gasteiger partial charge in [-0.2, -0.15) is 0 Å². The summed E-state index contributed by atoms with van der Waals surface area (Å²) >= 11 is 1.08. The number of Topliss-reactive ketones (excluding diaryl/α,β-unsaturated/α-hetero) is 1. The van der Waals surface area contributed by atoms with Crippen LogP contribution in [0.1, 0.15) is 39.0 Å². The summed E-state index contributed by atoms with van der Waals surface area (Å²) in [6, 6.07) is 6.83. The van der Waals surface area contributed by atoms with Crippen molar-refractivity contribution in [3.05, 3.63) is 46.8 Å². The molecule has 0 aliphatic heterocycles. The Bertz CT molecular complexity index is 948. The van der Waals surface area contributed by atoms with Gasteiger partial charge in [-0.05, 0) is 48.5 Å². The number of esters is 1. The molecule has 2 aromatic rings. The van der Waals surface area contributed by atoms with Crippen molar-refractivity contribution in [2.24, 2.45) is 0 Å². The molecule has 0 aliphatic rings. The van der Waals surface area contributed by atoms with Crippen LogP contribution in [-0.2, 0) is 16.0 Å². The van der Waals surface area contributed by atoms with Crippen LogP contribution in [0.15, 0.2) is 29.2 Å². The van der Waals surface area contributed by atoms with E-state index in [-0.39, 0.29) is 34.6 Å². The lowest BCUT2D eigenvalue weighted by Gasteiger charge is -2.10. The molecule has 2 rings (SSSR count). The van der Waals surface area contributed by atoms with E-state index in [1.807, 2.05) is 0 Å². The molecule has 0 saturated heterocycles. The van der Waals surface area contributed by atoms with Crippen LogP contribution < -0.4 is 5.32 Å². The summed E-state index contributed by atoms with van der Waals surface area (Å²) in [5, 5.41) is 2.64. The molecular weight excluding hydrogens is 394 g/mol. The van der Waals surface area contributed by atoms with E-state index in [4.69, 9.17) is 4.74 Å². The number of thioether (sulfide) groups is 1. The molecule has 0 fully saturated rings. The van der Waals surface area contributed by atoms with Gasteiger partial charge in [0.15, 0.2) is 5.78 Å². The van der Waals surface area contributed by atoms with Crippen molar-refractivity contribution in [1.29, 1.82) is 0 Å². The summed E-state index contributed by atoms with van der Waals surface area (Å²) in [6.07, 6.45) is -0.131. The second kappa shape index (κ2) is 9.42. The Labute approximate surface area is 173 Å². The van der Waals surface area contributed by atoms with Crippen molar-refractivity contribution in [1.82, 2.24) is 9.88 Å². The summed E-state index contributed by atoms with van der Waals surface area (Å²) < 4.78 is 4.78. The molecule has 0 unspecified atom stereocenters. The number of H-pyrrole nitrogens is 1. The number of nitrogens with one attached hydrogen (secondary N) is 2. The van der Waals surface area contributed by atoms with Gasteiger partial charge in [0.1, 0.15) is 0 Å². The van der Waals surface area contributed by atoms with Crippen molar-refractivity contribution in [2.75, 3.05) is 26.5 Å². The zero-order chi connectivity index (χ0) is 21.7. The molecule has 2 amide bonds. The number of anilines is 1. The largest absolute Gasteiger partial charge is 0.465 e. The number of hydrogen-bond donors (Lipinski definition) is 2. The van der Waals surface area contributed by atoms with Crippen molar-refractivity contribution in [3.8, 4) is 0 Å². The van der Waals surface area contributed by atoms with Crippen LogP contribution in [0.5, 0.6) is 0 Å². The quantitative estimate of drug-likeness (QED) is 0.424. The van der Waals surface area contributed by atoms with Crippen LogP contribution in [0.2, 0.25) is 0 Å². The highest BCUT2D eigenvalue weighted by Gasteiger charge is 2.24. The smallest absolute Gasteiger partial charge is 0.339 e. The first-order valence-corrected chi connectivity index (χ1v) is 9.55. The van der Waals surface area contributed by atoms with Crippen LogP contribution in [0.4, 0.5) is 10.5 Å². The van der Waals surface area contributed by atoms with E-state index >= 15 is 0 Å². The van der Waals surface area contributed by atoms with E-state index in [1.165, 1.54) is 18.9 Å². The number of carbonyl (C=O) groups is 4. The minimum atomic E-state index is -0.610. The number of nitrogens with zero attached hydrogens (tertiary/aromatic N) is 1. The van der Waals surface area contributed by atoms with Gasteiger partial charge in [0.25, 0.3) is 5.24 Å². The zero-order valence-electron chi connectivity index (χ0n) is 16.9. The number of carbonyl (C=O) groups excluding carboxylic acids is 4. The highest BCUT2D eigenvalue weighted by atomic mass is 32.2. The third-order valence-electron chi connectivity index (χ3n) is 4.11. The molecule has 154 valence electrons. The lowest BCUT2D eigenvalue weighted by atomic mass is 10.1. The Hall–Kier alpha value is -3.07. The van der Waals surface area contributed by atoms with Crippen LogP contribution >= 0.6 is 11.8 Å². The summed E-state index contributed by atoms with van der Waals surface area (Å²) in [5.41, 5.74) is 1.80. The fraction of sp³-hybridized carbons (Fsp3) is 0.300. The van der Waals surface area contributed by atoms with Gasteiger partial charge in [-0.25, -0.2) is 4.79 Å². The van der Waals surface area contributed by atoms with E-state index < -0.39 is 5.97 Å². The van der Waals surface area contributed by atoms with Crippen molar-refractivity contribution < 1.29 is 23.9 Å². The second-order valence-corrected chi connectivity index (χ2v) is 7.56. The third kappa shape index (κ3) is 5.47. The molecule has 0 spiro atoms. The molecule has 8 nitrogen and oxygen atoms in total. The van der Waals surface area contributed by atoms with Crippen molar-refractivity contribution in [3.63, 3.8) is 0 Å². The molecule has 0 saturated carbocycles. The van der Waals surface area contributed by atoms with Gasteiger partial charge >= 0.3 is 5.97 Å². The van der Waals surface area contributed by atoms with Crippen LogP contribution in [-0.4, -0.2) is 54.0 Å². The Morgan fingerprint density at radius 2 is 1.76 bits per heavy atom. The number of ketones is 1. The summed E-state index contributed by atoms with van der Waals surface area (Å²) in [5.74, 6) is -1.21. The van der Waals surface area contributed by atoms with Gasteiger partial charge in [0, 0.05) is 37.3 Å². The topological polar surface area (TPSA) is 109 Å². The third-order valence-corrected chi connectivity index (χ3v) is 5.16. The second-order valence-electron chi connectivity index (χ2n) is 6.54. The number of benzene rings is 1. The molecule has 29 heavy (non-hydrogen) atoms. The molecule has 0 radical (unpaired) electrons. The lowest BCUT2D eigenvalue weighted by molar-refractivity contribution is -0.115. The molecule has 1 heterocycles. The summed E-state index contributed by atoms with van der Waals surface area (Å²) in [4.78, 5) is 53.1. The maximum atomic E-state index is 12.5. The molecule has 1 aromatic carbocycles. The highest BCUT2D eigenvalue weighted by Crippen LogP contribution is 2.23. The number of amides is 2. The number of ether oxygens (including phenoxy) is 1. The fourth-order valence-electron chi connectivity index (χ4n) is 2.69. The van der Waals surface area contributed by atoms with Gasteiger partial charge in [-0.15, -0.1) is 0 Å². The Kier molecular flexibility index (Phi) is 7.22. The lowest BCUT2D eigenvalue weighted by Crippen LogP contribution is -2.17. The van der Waals surface area contributed by atoms with E-state index in [1.54, 1.807) is 45.3 Å². The standard InChI is InChI=1S/C20H23N3O5S/c1-11-17(19(26)28-5)15(22-18(11)12(2)24)10-16(25)21-13-6-8-14(9-7-13)29-20(27)23(3)4/h6-9,22H,10H2,1-5H3,(H,21,25). The first-order chi connectivity index (χ1) is 13.6. The average molecular weight is 417 g/mol. The first kappa shape index (κ1) is 22.2.